The fraction of sp³-hybridized carbons (Fsp3) is 0.100. The topological polar surface area (TPSA) is 25.8 Å². The smallest absolute Gasteiger partial charge is 0.0971 e. The van der Waals surface area contributed by atoms with Gasteiger partial charge in [0.1, 0.15) is 0 Å². The Kier molecular flexibility index (Phi) is 2.23. The van der Waals surface area contributed by atoms with E-state index in [1.807, 2.05) is 13.1 Å². The van der Waals surface area contributed by atoms with Gasteiger partial charge in [0.15, 0.2) is 0 Å². The molecule has 2 aromatic heterocycles. The predicted octanol–water partition coefficient (Wildman–Crippen LogP) is 4.66. The van der Waals surface area contributed by atoms with E-state index in [4.69, 9.17) is 9.97 Å². The molecule has 0 unspecified atom stereocenters. The van der Waals surface area contributed by atoms with Crippen molar-refractivity contribution < 1.29 is 0 Å². The van der Waals surface area contributed by atoms with Gasteiger partial charge in [-0.25, -0.2) is 0 Å². The molecule has 0 atom stereocenters. The molecule has 5 rings (SSSR count). The Morgan fingerprint density at radius 2 is 1.73 bits per heavy atom. The number of hydrogen-bond donors (Lipinski definition) is 0. The van der Waals surface area contributed by atoms with E-state index >= 15 is 0 Å². The monoisotopic (exact) mass is 282 g/mol. The number of hydrogen-bond acceptors (Lipinski definition) is 2. The van der Waals surface area contributed by atoms with Gasteiger partial charge < -0.3 is 0 Å². The lowest BCUT2D eigenvalue weighted by Gasteiger charge is -2.08. The van der Waals surface area contributed by atoms with Crippen LogP contribution in [-0.2, 0) is 6.42 Å². The molecule has 2 aromatic carbocycles. The summed E-state index contributed by atoms with van der Waals surface area (Å²) in [4.78, 5) is 9.47. The Hall–Kier alpha value is -2.74. The van der Waals surface area contributed by atoms with E-state index < -0.39 is 0 Å². The van der Waals surface area contributed by atoms with Gasteiger partial charge in [-0.1, -0.05) is 42.5 Å². The summed E-state index contributed by atoms with van der Waals surface area (Å²) in [5.41, 5.74) is 8.44. The summed E-state index contributed by atoms with van der Waals surface area (Å²) < 4.78 is 0. The molecular weight excluding hydrogens is 268 g/mol. The molecule has 2 heterocycles. The minimum atomic E-state index is 0.980. The molecule has 1 aliphatic carbocycles. The Morgan fingerprint density at radius 1 is 0.864 bits per heavy atom. The molecule has 0 saturated heterocycles. The number of nitrogens with zero attached hydrogens (tertiary/aromatic N) is 2. The molecule has 4 aromatic rings. The Morgan fingerprint density at radius 3 is 2.68 bits per heavy atom. The number of aromatic nitrogens is 2. The van der Waals surface area contributed by atoms with Crippen molar-refractivity contribution in [1.29, 1.82) is 0 Å². The Balaban J connectivity index is 1.96. The third-order valence-electron chi connectivity index (χ3n) is 4.58. The standard InChI is InChI=1S/C20H14N2/c1-12-6-7-13-8-9-17-18-15(11-21-20(17)19(13)22-12)10-14-4-2-3-5-16(14)18/h2-9,11H,10H2,1H3. The van der Waals surface area contributed by atoms with E-state index in [9.17, 15) is 0 Å². The molecule has 0 bridgehead atoms. The van der Waals surface area contributed by atoms with Gasteiger partial charge in [-0.3, -0.25) is 9.97 Å². The molecule has 1 aliphatic rings. The molecule has 22 heavy (non-hydrogen) atoms. The van der Waals surface area contributed by atoms with Crippen LogP contribution in [0.3, 0.4) is 0 Å². The summed E-state index contributed by atoms with van der Waals surface area (Å²) in [5, 5.41) is 2.37. The molecule has 0 spiro atoms. The first-order valence-corrected chi connectivity index (χ1v) is 7.57. The second-order valence-corrected chi connectivity index (χ2v) is 5.98. The molecule has 0 amide bonds. The van der Waals surface area contributed by atoms with Crippen molar-refractivity contribution in [2.75, 3.05) is 0 Å². The van der Waals surface area contributed by atoms with E-state index in [0.29, 0.717) is 0 Å². The van der Waals surface area contributed by atoms with Crippen LogP contribution in [0, 0.1) is 6.92 Å². The first-order valence-electron chi connectivity index (χ1n) is 7.57. The number of aryl methyl sites for hydroxylation is 1. The highest BCUT2D eigenvalue weighted by Crippen LogP contribution is 2.41. The minimum Gasteiger partial charge on any atom is -0.254 e. The van der Waals surface area contributed by atoms with Crippen LogP contribution in [0.25, 0.3) is 32.9 Å². The number of fused-ring (bicyclic) bond motifs is 7. The summed E-state index contributed by atoms with van der Waals surface area (Å²) in [5.74, 6) is 0. The lowest BCUT2D eigenvalue weighted by molar-refractivity contribution is 1.22. The molecule has 0 N–H and O–H groups in total. The normalized spacial score (nSPS) is 12.6. The second kappa shape index (κ2) is 4.14. The van der Waals surface area contributed by atoms with Gasteiger partial charge in [0.2, 0.25) is 0 Å². The first-order chi connectivity index (χ1) is 10.8. The quantitative estimate of drug-likeness (QED) is 0.386. The summed E-state index contributed by atoms with van der Waals surface area (Å²) in [7, 11) is 0. The highest BCUT2D eigenvalue weighted by molar-refractivity contribution is 6.09. The maximum absolute atomic E-state index is 4.74. The van der Waals surface area contributed by atoms with E-state index in [2.05, 4.69) is 48.5 Å². The minimum absolute atomic E-state index is 0.980. The lowest BCUT2D eigenvalue weighted by atomic mass is 10.00. The highest BCUT2D eigenvalue weighted by Gasteiger charge is 2.21. The maximum Gasteiger partial charge on any atom is 0.0971 e. The van der Waals surface area contributed by atoms with Gasteiger partial charge in [-0.15, -0.1) is 0 Å². The summed E-state index contributed by atoms with van der Waals surface area (Å²) >= 11 is 0. The van der Waals surface area contributed by atoms with Crippen molar-refractivity contribution in [3.8, 4) is 11.1 Å². The van der Waals surface area contributed by atoms with Crippen molar-refractivity contribution in [2.24, 2.45) is 0 Å². The zero-order valence-corrected chi connectivity index (χ0v) is 12.3. The summed E-state index contributed by atoms with van der Waals surface area (Å²) in [6.45, 7) is 2.03. The third-order valence-corrected chi connectivity index (χ3v) is 4.58. The number of rotatable bonds is 0. The van der Waals surface area contributed by atoms with Gasteiger partial charge in [0.25, 0.3) is 0 Å². The summed E-state index contributed by atoms with van der Waals surface area (Å²) in [6, 6.07) is 17.2. The van der Waals surface area contributed by atoms with Gasteiger partial charge >= 0.3 is 0 Å². The van der Waals surface area contributed by atoms with Crippen LogP contribution in [0.1, 0.15) is 16.8 Å². The van der Waals surface area contributed by atoms with Crippen molar-refractivity contribution in [3.05, 3.63) is 71.5 Å². The highest BCUT2D eigenvalue weighted by atomic mass is 14.7. The predicted molar refractivity (Wildman–Crippen MR) is 90.0 cm³/mol. The number of benzene rings is 2. The Bertz CT molecular complexity index is 1060. The van der Waals surface area contributed by atoms with Crippen LogP contribution in [0.4, 0.5) is 0 Å². The van der Waals surface area contributed by atoms with Crippen molar-refractivity contribution >= 4 is 21.8 Å². The van der Waals surface area contributed by atoms with E-state index in [1.54, 1.807) is 0 Å². The molecule has 0 fully saturated rings. The van der Waals surface area contributed by atoms with Crippen LogP contribution in [0.5, 0.6) is 0 Å². The fourth-order valence-electron chi connectivity index (χ4n) is 3.56. The zero-order valence-electron chi connectivity index (χ0n) is 12.3. The van der Waals surface area contributed by atoms with Crippen molar-refractivity contribution in [3.63, 3.8) is 0 Å². The SMILES string of the molecule is Cc1ccc2ccc3c4c(cnc3c2n1)Cc1ccccc1-4. The number of pyridine rings is 2. The van der Waals surface area contributed by atoms with Crippen molar-refractivity contribution in [1.82, 2.24) is 9.97 Å². The van der Waals surface area contributed by atoms with Crippen LogP contribution < -0.4 is 0 Å². The molecule has 2 heteroatoms. The zero-order chi connectivity index (χ0) is 14.7. The molecule has 0 radical (unpaired) electrons. The Labute approximate surface area is 128 Å². The lowest BCUT2D eigenvalue weighted by Crippen LogP contribution is -1.91. The average Bonchev–Trinajstić information content (AvgIpc) is 2.93. The fourth-order valence-corrected chi connectivity index (χ4v) is 3.56. The molecular formula is C20H14N2. The largest absolute Gasteiger partial charge is 0.254 e. The van der Waals surface area contributed by atoms with Crippen molar-refractivity contribution in [2.45, 2.75) is 13.3 Å². The van der Waals surface area contributed by atoms with E-state index in [0.717, 1.165) is 28.5 Å². The average molecular weight is 282 g/mol. The van der Waals surface area contributed by atoms with Gasteiger partial charge in [-0.05, 0) is 35.2 Å². The summed E-state index contributed by atoms with van der Waals surface area (Å²) in [6.07, 6.45) is 3.01. The molecule has 2 nitrogen and oxygen atoms in total. The van der Waals surface area contributed by atoms with E-state index in [-0.39, 0.29) is 0 Å². The van der Waals surface area contributed by atoms with Gasteiger partial charge in [-0.2, -0.15) is 0 Å². The van der Waals surface area contributed by atoms with Gasteiger partial charge in [0, 0.05) is 29.1 Å². The molecule has 0 aliphatic heterocycles. The third kappa shape index (κ3) is 1.49. The van der Waals surface area contributed by atoms with Crippen LogP contribution in [0.15, 0.2) is 54.7 Å². The van der Waals surface area contributed by atoms with Crippen LogP contribution in [0.2, 0.25) is 0 Å². The van der Waals surface area contributed by atoms with Crippen LogP contribution in [-0.4, -0.2) is 9.97 Å². The molecule has 0 saturated carbocycles. The maximum atomic E-state index is 4.74. The second-order valence-electron chi connectivity index (χ2n) is 5.98. The first kappa shape index (κ1) is 11.9. The molecule has 104 valence electrons. The van der Waals surface area contributed by atoms with Gasteiger partial charge in [0.05, 0.1) is 11.0 Å². The van der Waals surface area contributed by atoms with E-state index in [1.165, 1.54) is 27.6 Å². The van der Waals surface area contributed by atoms with Crippen LogP contribution >= 0.6 is 0 Å².